The second-order valence-electron chi connectivity index (χ2n) is 3.43. The minimum Gasteiger partial charge on any atom is -0.229 e. The van der Waals surface area contributed by atoms with Crippen molar-refractivity contribution in [2.75, 3.05) is 0 Å². The molecule has 0 spiro atoms. The van der Waals surface area contributed by atoms with Crippen LogP contribution in [0.25, 0.3) is 0 Å². The van der Waals surface area contributed by atoms with Gasteiger partial charge in [-0.05, 0) is 24.3 Å². The van der Waals surface area contributed by atoms with Gasteiger partial charge < -0.3 is 0 Å². The molecule has 2 rings (SSSR count). The maximum Gasteiger partial charge on any atom is 0.416 e. The van der Waals surface area contributed by atoms with Crippen LogP contribution >= 0.6 is 23.4 Å². The lowest BCUT2D eigenvalue weighted by Gasteiger charge is -2.08. The smallest absolute Gasteiger partial charge is 0.229 e. The zero-order valence-electron chi connectivity index (χ0n) is 8.91. The number of benzene rings is 1. The van der Waals surface area contributed by atoms with Gasteiger partial charge in [0, 0.05) is 4.90 Å². The average Bonchev–Trinajstić information content (AvgIpc) is 2.28. The molecule has 2 aromatic rings. The lowest BCUT2D eigenvalue weighted by atomic mass is 10.3. The number of alkyl halides is 3. The molecule has 1 nitrogen and oxygen atoms in total. The van der Waals surface area contributed by atoms with Gasteiger partial charge in [-0.1, -0.05) is 41.6 Å². The Kier molecular flexibility index (Phi) is 3.82. The number of hydrogen-bond donors (Lipinski definition) is 0. The van der Waals surface area contributed by atoms with E-state index in [9.17, 15) is 13.2 Å². The molecule has 0 aliphatic heterocycles. The molecule has 0 saturated carbocycles. The first-order valence-electron chi connectivity index (χ1n) is 4.93. The van der Waals surface area contributed by atoms with Crippen molar-refractivity contribution in [3.63, 3.8) is 0 Å². The van der Waals surface area contributed by atoms with E-state index in [1.807, 2.05) is 6.07 Å². The molecule has 1 heterocycles. The quantitative estimate of drug-likeness (QED) is 0.729. The van der Waals surface area contributed by atoms with Crippen LogP contribution in [-0.4, -0.2) is 4.98 Å². The Morgan fingerprint density at radius 1 is 1.06 bits per heavy atom. The fourth-order valence-electron chi connectivity index (χ4n) is 1.30. The predicted octanol–water partition coefficient (Wildman–Crippen LogP) is 4.91. The summed E-state index contributed by atoms with van der Waals surface area (Å²) < 4.78 is 37.8. The summed E-state index contributed by atoms with van der Waals surface area (Å²) in [5, 5.41) is 0.0595. The van der Waals surface area contributed by atoms with Crippen LogP contribution < -0.4 is 0 Å². The molecule has 0 aliphatic rings. The second-order valence-corrected chi connectivity index (χ2v) is 4.91. The fourth-order valence-corrected chi connectivity index (χ4v) is 2.42. The van der Waals surface area contributed by atoms with Crippen LogP contribution in [0.4, 0.5) is 13.2 Å². The highest BCUT2D eigenvalue weighted by Crippen LogP contribution is 2.34. The fraction of sp³-hybridized carbons (Fsp3) is 0.0833. The first-order valence-corrected chi connectivity index (χ1v) is 6.12. The molecule has 18 heavy (non-hydrogen) atoms. The number of hydrogen-bond acceptors (Lipinski definition) is 2. The van der Waals surface area contributed by atoms with Crippen LogP contribution in [0.5, 0.6) is 0 Å². The van der Waals surface area contributed by atoms with Crippen molar-refractivity contribution < 1.29 is 13.2 Å². The van der Waals surface area contributed by atoms with Gasteiger partial charge >= 0.3 is 6.18 Å². The van der Waals surface area contributed by atoms with Crippen molar-refractivity contribution in [3.8, 4) is 0 Å². The number of aromatic nitrogens is 1. The van der Waals surface area contributed by atoms with Crippen molar-refractivity contribution in [2.24, 2.45) is 0 Å². The van der Waals surface area contributed by atoms with E-state index in [1.165, 1.54) is 0 Å². The van der Waals surface area contributed by atoms with Crippen LogP contribution in [0, 0.1) is 0 Å². The van der Waals surface area contributed by atoms with Gasteiger partial charge in [-0.15, -0.1) is 0 Å². The molecule has 0 unspecified atom stereocenters. The van der Waals surface area contributed by atoms with Crippen molar-refractivity contribution in [1.82, 2.24) is 4.98 Å². The van der Waals surface area contributed by atoms with Gasteiger partial charge in [-0.3, -0.25) is 0 Å². The first kappa shape index (κ1) is 13.2. The van der Waals surface area contributed by atoms with E-state index in [0.29, 0.717) is 0 Å². The van der Waals surface area contributed by atoms with E-state index in [4.69, 9.17) is 11.6 Å². The molecular weight excluding hydrogens is 283 g/mol. The zero-order valence-corrected chi connectivity index (χ0v) is 10.5. The van der Waals surface area contributed by atoms with E-state index in [-0.39, 0.29) is 10.2 Å². The molecule has 0 saturated heterocycles. The summed E-state index contributed by atoms with van der Waals surface area (Å²) in [7, 11) is 0. The minimum absolute atomic E-state index is 0.164. The molecule has 0 bridgehead atoms. The Labute approximate surface area is 111 Å². The van der Waals surface area contributed by atoms with Gasteiger partial charge in [0.25, 0.3) is 0 Å². The highest BCUT2D eigenvalue weighted by Gasteiger charge is 2.31. The third-order valence-corrected chi connectivity index (χ3v) is 3.18. The maximum atomic E-state index is 12.6. The predicted molar refractivity (Wildman–Crippen MR) is 64.8 cm³/mol. The number of nitrogens with zero attached hydrogens (tertiary/aromatic N) is 1. The standard InChI is InChI=1S/C12H7ClF3NS/c13-10-6-8(12(14,15)16)7-11(17-10)18-9-4-2-1-3-5-9/h1-7H. The summed E-state index contributed by atoms with van der Waals surface area (Å²) in [5.74, 6) is 0. The van der Waals surface area contributed by atoms with Gasteiger partial charge in [0.15, 0.2) is 0 Å². The van der Waals surface area contributed by atoms with Gasteiger partial charge in [0.05, 0.1) is 5.56 Å². The lowest BCUT2D eigenvalue weighted by Crippen LogP contribution is -2.05. The molecule has 1 aromatic heterocycles. The van der Waals surface area contributed by atoms with Gasteiger partial charge in [0.1, 0.15) is 10.2 Å². The molecule has 0 radical (unpaired) electrons. The molecule has 1 aromatic carbocycles. The lowest BCUT2D eigenvalue weighted by molar-refractivity contribution is -0.137. The van der Waals surface area contributed by atoms with Crippen molar-refractivity contribution in [1.29, 1.82) is 0 Å². The third-order valence-electron chi connectivity index (χ3n) is 2.06. The molecule has 0 atom stereocenters. The van der Waals surface area contributed by atoms with E-state index in [2.05, 4.69) is 4.98 Å². The Morgan fingerprint density at radius 2 is 1.72 bits per heavy atom. The van der Waals surface area contributed by atoms with E-state index >= 15 is 0 Å². The molecule has 94 valence electrons. The van der Waals surface area contributed by atoms with Crippen molar-refractivity contribution in [2.45, 2.75) is 16.1 Å². The van der Waals surface area contributed by atoms with E-state index in [1.54, 1.807) is 24.3 Å². The third kappa shape index (κ3) is 3.40. The molecule has 6 heteroatoms. The topological polar surface area (TPSA) is 12.9 Å². The zero-order chi connectivity index (χ0) is 13.2. The monoisotopic (exact) mass is 289 g/mol. The Morgan fingerprint density at radius 3 is 2.33 bits per heavy atom. The molecule has 0 fully saturated rings. The molecule has 0 aliphatic carbocycles. The number of pyridine rings is 1. The van der Waals surface area contributed by atoms with Crippen LogP contribution in [0.15, 0.2) is 52.4 Å². The highest BCUT2D eigenvalue weighted by molar-refractivity contribution is 7.99. The summed E-state index contributed by atoms with van der Waals surface area (Å²) in [6.45, 7) is 0. The summed E-state index contributed by atoms with van der Waals surface area (Å²) in [4.78, 5) is 4.68. The molecular formula is C12H7ClF3NS. The number of halogens is 4. The van der Waals surface area contributed by atoms with Crippen molar-refractivity contribution in [3.05, 3.63) is 53.2 Å². The summed E-state index contributed by atoms with van der Waals surface area (Å²) in [6, 6.07) is 10.8. The summed E-state index contributed by atoms with van der Waals surface area (Å²) >= 11 is 6.73. The highest BCUT2D eigenvalue weighted by atomic mass is 35.5. The van der Waals surface area contributed by atoms with Gasteiger partial charge in [0.2, 0.25) is 0 Å². The van der Waals surface area contributed by atoms with E-state index in [0.717, 1.165) is 28.8 Å². The van der Waals surface area contributed by atoms with Crippen LogP contribution in [0.2, 0.25) is 5.15 Å². The Bertz CT molecular complexity index is 543. The Balaban J connectivity index is 2.32. The number of rotatable bonds is 2. The van der Waals surface area contributed by atoms with E-state index < -0.39 is 11.7 Å². The van der Waals surface area contributed by atoms with Crippen molar-refractivity contribution >= 4 is 23.4 Å². The normalized spacial score (nSPS) is 11.6. The second kappa shape index (κ2) is 5.20. The maximum absolute atomic E-state index is 12.6. The van der Waals surface area contributed by atoms with Crippen LogP contribution in [-0.2, 0) is 6.18 Å². The summed E-state index contributed by atoms with van der Waals surface area (Å²) in [5.41, 5.74) is -0.791. The molecule has 0 N–H and O–H groups in total. The van der Waals surface area contributed by atoms with Gasteiger partial charge in [-0.25, -0.2) is 4.98 Å². The van der Waals surface area contributed by atoms with Gasteiger partial charge in [-0.2, -0.15) is 13.2 Å². The molecule has 0 amide bonds. The first-order chi connectivity index (χ1) is 8.45. The van der Waals surface area contributed by atoms with Crippen LogP contribution in [0.3, 0.4) is 0 Å². The summed E-state index contributed by atoms with van der Waals surface area (Å²) in [6.07, 6.45) is -4.42. The van der Waals surface area contributed by atoms with Crippen LogP contribution in [0.1, 0.15) is 5.56 Å². The SMILES string of the molecule is FC(F)(F)c1cc(Cl)nc(Sc2ccccc2)c1. The Hall–Kier alpha value is -1.20. The minimum atomic E-state index is -4.42. The average molecular weight is 290 g/mol. The largest absolute Gasteiger partial charge is 0.416 e.